The molecule has 10 nitrogen and oxygen atoms in total. The number of anilines is 2. The van der Waals surface area contributed by atoms with Crippen LogP contribution in [0.5, 0.6) is 5.75 Å². The first-order chi connectivity index (χ1) is 18.2. The fourth-order valence-electron chi connectivity index (χ4n) is 3.78. The standard InChI is InChI=1S/C28H32N4O6.Na/c1-28(2,3)38-27(35)32-17-23(18-32)37-15-14-36-22-10-6-20(7-11-22)16-19-4-8-21(9-5-19)30-24-12-13-29-31-25(24)26(33)34;/h4-13,23H,14-18H2,1-3H3,(H,29,30)(H,33,34);/q;+1/p-1. The summed E-state index contributed by atoms with van der Waals surface area (Å²) in [5.41, 5.74) is 2.55. The zero-order valence-corrected chi connectivity index (χ0v) is 24.7. The van der Waals surface area contributed by atoms with E-state index in [9.17, 15) is 14.7 Å². The van der Waals surface area contributed by atoms with Crippen LogP contribution in [0.25, 0.3) is 0 Å². The molecular weight excluding hydrogens is 511 g/mol. The SMILES string of the molecule is CC(C)(C)OC(=O)N1CC(OCCOc2ccc(Cc3ccc(Nc4ccnnc4C(=O)[O-])cc3)cc2)C1.[Na+]. The second-order valence-electron chi connectivity index (χ2n) is 9.95. The number of amides is 1. The summed E-state index contributed by atoms with van der Waals surface area (Å²) in [5.74, 6) is -0.627. The Labute approximate surface area is 250 Å². The van der Waals surface area contributed by atoms with Crippen molar-refractivity contribution in [3.63, 3.8) is 0 Å². The molecule has 2 heterocycles. The van der Waals surface area contributed by atoms with Gasteiger partial charge in [-0.25, -0.2) is 4.79 Å². The second kappa shape index (κ2) is 13.7. The third-order valence-corrected chi connectivity index (χ3v) is 5.68. The van der Waals surface area contributed by atoms with Gasteiger partial charge in [0.15, 0.2) is 0 Å². The van der Waals surface area contributed by atoms with E-state index in [0.29, 0.717) is 32.0 Å². The number of hydrogen-bond acceptors (Lipinski definition) is 9. The number of likely N-dealkylation sites (tertiary alicyclic amines) is 1. The van der Waals surface area contributed by atoms with Crippen molar-refractivity contribution in [3.05, 3.63) is 77.6 Å². The van der Waals surface area contributed by atoms with Gasteiger partial charge in [0.05, 0.1) is 43.7 Å². The fraction of sp³-hybridized carbons (Fsp3) is 0.357. The molecule has 0 spiro atoms. The minimum atomic E-state index is -1.39. The number of carboxylic acids is 1. The average Bonchev–Trinajstić information content (AvgIpc) is 2.84. The molecule has 0 radical (unpaired) electrons. The van der Waals surface area contributed by atoms with Crippen molar-refractivity contribution in [1.29, 1.82) is 0 Å². The van der Waals surface area contributed by atoms with Crippen molar-refractivity contribution in [2.75, 3.05) is 31.6 Å². The van der Waals surface area contributed by atoms with E-state index in [-0.39, 0.29) is 47.4 Å². The maximum atomic E-state index is 12.0. The predicted molar refractivity (Wildman–Crippen MR) is 138 cm³/mol. The molecule has 1 aliphatic rings. The van der Waals surface area contributed by atoms with Crippen molar-refractivity contribution in [2.45, 2.75) is 38.9 Å². The molecule has 1 aliphatic heterocycles. The van der Waals surface area contributed by atoms with Crippen molar-refractivity contribution < 1.29 is 58.5 Å². The predicted octanol–water partition coefficient (Wildman–Crippen LogP) is 0.193. The van der Waals surface area contributed by atoms with Gasteiger partial charge in [-0.15, -0.1) is 5.10 Å². The summed E-state index contributed by atoms with van der Waals surface area (Å²) in [7, 11) is 0. The summed E-state index contributed by atoms with van der Waals surface area (Å²) in [5, 5.41) is 21.4. The van der Waals surface area contributed by atoms with Crippen LogP contribution >= 0.6 is 0 Å². The number of nitrogens with zero attached hydrogens (tertiary/aromatic N) is 3. The summed E-state index contributed by atoms with van der Waals surface area (Å²) in [6, 6.07) is 17.1. The molecule has 0 atom stereocenters. The summed E-state index contributed by atoms with van der Waals surface area (Å²) in [4.78, 5) is 24.8. The van der Waals surface area contributed by atoms with Crippen LogP contribution in [0.2, 0.25) is 0 Å². The van der Waals surface area contributed by atoms with Gasteiger partial charge < -0.3 is 34.3 Å². The van der Waals surface area contributed by atoms with Gasteiger partial charge in [-0.1, -0.05) is 24.3 Å². The minimum Gasteiger partial charge on any atom is -0.543 e. The molecule has 4 rings (SSSR count). The van der Waals surface area contributed by atoms with E-state index >= 15 is 0 Å². The Bertz CT molecular complexity index is 1240. The molecule has 200 valence electrons. The Morgan fingerprint density at radius 2 is 1.64 bits per heavy atom. The topological polar surface area (TPSA) is 126 Å². The largest absolute Gasteiger partial charge is 1.00 e. The van der Waals surface area contributed by atoms with Gasteiger partial charge in [0.25, 0.3) is 0 Å². The first-order valence-electron chi connectivity index (χ1n) is 12.4. The van der Waals surface area contributed by atoms with Crippen LogP contribution in [0, 0.1) is 0 Å². The van der Waals surface area contributed by atoms with Gasteiger partial charge in [-0.3, -0.25) is 0 Å². The first-order valence-corrected chi connectivity index (χ1v) is 12.4. The molecule has 3 aromatic rings. The molecule has 0 aliphatic carbocycles. The van der Waals surface area contributed by atoms with Crippen LogP contribution in [-0.4, -0.2) is 65.2 Å². The monoisotopic (exact) mass is 542 g/mol. The van der Waals surface area contributed by atoms with Gasteiger partial charge in [0.2, 0.25) is 0 Å². The number of carbonyl (C=O) groups is 2. The molecular formula is C28H31N4NaO6. The van der Waals surface area contributed by atoms with Crippen LogP contribution in [0.3, 0.4) is 0 Å². The van der Waals surface area contributed by atoms with Crippen LogP contribution < -0.4 is 44.7 Å². The number of carboxylic acid groups (broad SMARTS) is 1. The van der Waals surface area contributed by atoms with E-state index in [1.165, 1.54) is 12.3 Å². The smallest absolute Gasteiger partial charge is 0.543 e. The Morgan fingerprint density at radius 3 is 2.26 bits per heavy atom. The Hall–Kier alpha value is -3.18. The van der Waals surface area contributed by atoms with Gasteiger partial charge >= 0.3 is 35.7 Å². The van der Waals surface area contributed by atoms with Gasteiger partial charge in [0.1, 0.15) is 23.7 Å². The average molecular weight is 543 g/mol. The van der Waals surface area contributed by atoms with E-state index in [1.54, 1.807) is 4.90 Å². The number of rotatable bonds is 10. The van der Waals surface area contributed by atoms with Crippen molar-refractivity contribution in [1.82, 2.24) is 15.1 Å². The van der Waals surface area contributed by atoms with Gasteiger partial charge in [-0.05, 0) is 68.7 Å². The summed E-state index contributed by atoms with van der Waals surface area (Å²) >= 11 is 0. The number of aromatic nitrogens is 2. The molecule has 11 heteroatoms. The molecule has 0 bridgehead atoms. The second-order valence-corrected chi connectivity index (χ2v) is 9.95. The normalized spacial score (nSPS) is 13.2. The summed E-state index contributed by atoms with van der Waals surface area (Å²) in [6.45, 7) is 7.46. The number of aromatic carboxylic acids is 1. The Balaban J connectivity index is 0.00000420. The fourth-order valence-corrected chi connectivity index (χ4v) is 3.78. The number of carbonyl (C=O) groups excluding carboxylic acids is 2. The summed E-state index contributed by atoms with van der Waals surface area (Å²) < 4.78 is 16.9. The third-order valence-electron chi connectivity index (χ3n) is 5.68. The van der Waals surface area contributed by atoms with Gasteiger partial charge in [0, 0.05) is 5.69 Å². The Morgan fingerprint density at radius 1 is 1.00 bits per heavy atom. The number of hydrogen-bond donors (Lipinski definition) is 1. The molecule has 1 amide bonds. The zero-order chi connectivity index (χ0) is 27.1. The molecule has 0 saturated carbocycles. The van der Waals surface area contributed by atoms with Crippen LogP contribution in [-0.2, 0) is 15.9 Å². The molecule has 2 aromatic carbocycles. The quantitative estimate of drug-likeness (QED) is 0.282. The minimum absolute atomic E-state index is 0. The van der Waals surface area contributed by atoms with Gasteiger partial charge in [-0.2, -0.15) is 5.10 Å². The molecule has 1 fully saturated rings. The third kappa shape index (κ3) is 9.21. The molecule has 0 unspecified atom stereocenters. The zero-order valence-electron chi connectivity index (χ0n) is 22.7. The molecule has 1 aromatic heterocycles. The van der Waals surface area contributed by atoms with Crippen LogP contribution in [0.15, 0.2) is 60.8 Å². The summed E-state index contributed by atoms with van der Waals surface area (Å²) in [6.07, 6.45) is 1.85. The van der Waals surface area contributed by atoms with E-state index < -0.39 is 11.6 Å². The maximum Gasteiger partial charge on any atom is 1.00 e. The van der Waals surface area contributed by atoms with E-state index in [0.717, 1.165) is 29.0 Å². The molecule has 1 N–H and O–H groups in total. The van der Waals surface area contributed by atoms with E-state index in [1.807, 2.05) is 69.3 Å². The van der Waals surface area contributed by atoms with Crippen molar-refractivity contribution in [2.24, 2.45) is 0 Å². The molecule has 1 saturated heterocycles. The number of ether oxygens (including phenoxy) is 3. The van der Waals surface area contributed by atoms with Crippen molar-refractivity contribution >= 4 is 23.4 Å². The van der Waals surface area contributed by atoms with Crippen LogP contribution in [0.4, 0.5) is 16.2 Å². The maximum absolute atomic E-state index is 12.0. The molecule has 39 heavy (non-hydrogen) atoms. The van der Waals surface area contributed by atoms with Crippen molar-refractivity contribution in [3.8, 4) is 5.75 Å². The number of nitrogens with one attached hydrogen (secondary N) is 1. The number of benzene rings is 2. The van der Waals surface area contributed by atoms with Crippen LogP contribution in [0.1, 0.15) is 42.4 Å². The van der Waals surface area contributed by atoms with E-state index in [4.69, 9.17) is 14.2 Å². The Kier molecular flexibility index (Phi) is 10.7. The van der Waals surface area contributed by atoms with E-state index in [2.05, 4.69) is 15.5 Å². The first kappa shape index (κ1) is 30.4.